The van der Waals surface area contributed by atoms with Crippen molar-refractivity contribution in [3.05, 3.63) is 53.3 Å². The van der Waals surface area contributed by atoms with E-state index in [2.05, 4.69) is 4.98 Å². The fourth-order valence-electron chi connectivity index (χ4n) is 2.16. The summed E-state index contributed by atoms with van der Waals surface area (Å²) < 4.78 is 40.0. The average Bonchev–Trinajstić information content (AvgIpc) is 2.77. The smallest absolute Gasteiger partial charge is 0.397 e. The zero-order chi connectivity index (χ0) is 15.2. The first kappa shape index (κ1) is 13.8. The predicted molar refractivity (Wildman–Crippen MR) is 75.1 cm³/mol. The first-order valence-corrected chi connectivity index (χ1v) is 6.35. The molecule has 2 heterocycles. The van der Waals surface area contributed by atoms with Crippen LogP contribution in [0, 0.1) is 0 Å². The number of nitrogen functional groups attached to an aromatic ring is 1. The number of alkyl halides is 3. The molecule has 1 aromatic carbocycles. The number of hydrogen-bond donors (Lipinski definition) is 1. The molecule has 0 bridgehead atoms. The Morgan fingerprint density at radius 1 is 1.14 bits per heavy atom. The summed E-state index contributed by atoms with van der Waals surface area (Å²) in [5.41, 5.74) is 6.29. The molecule has 3 aromatic rings. The van der Waals surface area contributed by atoms with Crippen LogP contribution in [0.25, 0.3) is 16.9 Å². The molecule has 0 amide bonds. The standard InChI is InChI=1S/C14H9ClF3N3/c15-12-11-10(19)5-2-6-21(11)13(20-12)8-3-1-4-9(7-8)14(16,17)18/h1-7H,19H2. The van der Waals surface area contributed by atoms with E-state index in [1.807, 2.05) is 0 Å². The first-order valence-electron chi connectivity index (χ1n) is 5.97. The summed E-state index contributed by atoms with van der Waals surface area (Å²) in [5, 5.41) is 0.153. The van der Waals surface area contributed by atoms with Gasteiger partial charge in [0.1, 0.15) is 11.3 Å². The minimum atomic E-state index is -4.41. The summed E-state index contributed by atoms with van der Waals surface area (Å²) in [4.78, 5) is 4.13. The Labute approximate surface area is 122 Å². The third-order valence-electron chi connectivity index (χ3n) is 3.10. The fourth-order valence-corrected chi connectivity index (χ4v) is 2.44. The van der Waals surface area contributed by atoms with Crippen molar-refractivity contribution < 1.29 is 13.2 Å². The number of fused-ring (bicyclic) bond motifs is 1. The van der Waals surface area contributed by atoms with Crippen LogP contribution in [0.1, 0.15) is 5.56 Å². The summed E-state index contributed by atoms with van der Waals surface area (Å²) >= 11 is 6.03. The van der Waals surface area contributed by atoms with E-state index in [0.29, 0.717) is 22.6 Å². The van der Waals surface area contributed by atoms with E-state index in [1.54, 1.807) is 28.8 Å². The monoisotopic (exact) mass is 311 g/mol. The van der Waals surface area contributed by atoms with Crippen molar-refractivity contribution in [2.75, 3.05) is 5.73 Å². The van der Waals surface area contributed by atoms with Crippen molar-refractivity contribution in [2.45, 2.75) is 6.18 Å². The Bertz CT molecular complexity index is 824. The van der Waals surface area contributed by atoms with E-state index in [4.69, 9.17) is 17.3 Å². The quantitative estimate of drug-likeness (QED) is 0.730. The molecule has 0 atom stereocenters. The Morgan fingerprint density at radius 2 is 1.90 bits per heavy atom. The van der Waals surface area contributed by atoms with Gasteiger partial charge in [-0.2, -0.15) is 13.2 Å². The number of halogens is 4. The van der Waals surface area contributed by atoms with Crippen LogP contribution in [0.5, 0.6) is 0 Å². The predicted octanol–water partition coefficient (Wildman–Crippen LogP) is 4.26. The molecule has 2 N–H and O–H groups in total. The number of imidazole rings is 1. The first-order chi connectivity index (χ1) is 9.88. The molecule has 0 spiro atoms. The van der Waals surface area contributed by atoms with Crippen LogP contribution < -0.4 is 5.73 Å². The molecule has 0 radical (unpaired) electrons. The van der Waals surface area contributed by atoms with Gasteiger partial charge in [-0.25, -0.2) is 4.98 Å². The summed E-state index contributed by atoms with van der Waals surface area (Å²) in [6, 6.07) is 8.25. The topological polar surface area (TPSA) is 43.3 Å². The molecule has 21 heavy (non-hydrogen) atoms. The third-order valence-corrected chi connectivity index (χ3v) is 3.36. The highest BCUT2D eigenvalue weighted by molar-refractivity contribution is 6.33. The largest absolute Gasteiger partial charge is 0.416 e. The molecule has 0 aliphatic carbocycles. The van der Waals surface area contributed by atoms with Crippen molar-refractivity contribution >= 4 is 22.8 Å². The second-order valence-electron chi connectivity index (χ2n) is 4.49. The lowest BCUT2D eigenvalue weighted by Gasteiger charge is -2.08. The van der Waals surface area contributed by atoms with Crippen LogP contribution in [0.3, 0.4) is 0 Å². The number of anilines is 1. The Balaban J connectivity index is 2.25. The third kappa shape index (κ3) is 2.31. The van der Waals surface area contributed by atoms with E-state index in [1.165, 1.54) is 6.07 Å². The van der Waals surface area contributed by atoms with Gasteiger partial charge in [-0.3, -0.25) is 4.40 Å². The molecule has 0 saturated heterocycles. The molecular weight excluding hydrogens is 303 g/mol. The van der Waals surface area contributed by atoms with Crippen LogP contribution in [-0.4, -0.2) is 9.38 Å². The average molecular weight is 312 g/mol. The van der Waals surface area contributed by atoms with Gasteiger partial charge in [-0.05, 0) is 24.3 Å². The summed E-state index contributed by atoms with van der Waals surface area (Å²) in [6.07, 6.45) is -2.76. The highest BCUT2D eigenvalue weighted by atomic mass is 35.5. The number of nitrogens with zero attached hydrogens (tertiary/aromatic N) is 2. The highest BCUT2D eigenvalue weighted by Crippen LogP contribution is 2.34. The van der Waals surface area contributed by atoms with Crippen molar-refractivity contribution in [1.29, 1.82) is 0 Å². The van der Waals surface area contributed by atoms with E-state index >= 15 is 0 Å². The van der Waals surface area contributed by atoms with Gasteiger partial charge >= 0.3 is 6.18 Å². The highest BCUT2D eigenvalue weighted by Gasteiger charge is 2.30. The zero-order valence-corrected chi connectivity index (χ0v) is 11.3. The second-order valence-corrected chi connectivity index (χ2v) is 4.84. The van der Waals surface area contributed by atoms with E-state index in [0.717, 1.165) is 12.1 Å². The molecular formula is C14H9ClF3N3. The van der Waals surface area contributed by atoms with Crippen molar-refractivity contribution in [1.82, 2.24) is 9.38 Å². The van der Waals surface area contributed by atoms with Crippen molar-refractivity contribution in [3.8, 4) is 11.4 Å². The van der Waals surface area contributed by atoms with Crippen LogP contribution in [0.15, 0.2) is 42.6 Å². The molecule has 0 unspecified atom stereocenters. The number of aromatic nitrogens is 2. The second kappa shape index (κ2) is 4.66. The van der Waals surface area contributed by atoms with E-state index in [-0.39, 0.29) is 5.15 Å². The van der Waals surface area contributed by atoms with Gasteiger partial charge in [0.25, 0.3) is 0 Å². The minimum absolute atomic E-state index is 0.153. The van der Waals surface area contributed by atoms with E-state index in [9.17, 15) is 13.2 Å². The van der Waals surface area contributed by atoms with Crippen LogP contribution in [0.2, 0.25) is 5.15 Å². The number of hydrogen-bond acceptors (Lipinski definition) is 2. The summed E-state index contributed by atoms with van der Waals surface area (Å²) in [5.74, 6) is 0.313. The van der Waals surface area contributed by atoms with Gasteiger partial charge in [-0.1, -0.05) is 23.7 Å². The number of benzene rings is 1. The van der Waals surface area contributed by atoms with Gasteiger partial charge in [0.05, 0.1) is 11.3 Å². The molecule has 2 aromatic heterocycles. The maximum absolute atomic E-state index is 12.8. The Hall–Kier alpha value is -2.21. The molecule has 3 nitrogen and oxygen atoms in total. The molecule has 3 rings (SSSR count). The number of nitrogens with two attached hydrogens (primary N) is 1. The van der Waals surface area contributed by atoms with E-state index < -0.39 is 11.7 Å². The maximum atomic E-state index is 12.8. The number of rotatable bonds is 1. The van der Waals surface area contributed by atoms with Gasteiger partial charge in [0.15, 0.2) is 5.15 Å². The number of pyridine rings is 1. The fraction of sp³-hybridized carbons (Fsp3) is 0.0714. The molecule has 0 aliphatic heterocycles. The molecule has 0 fully saturated rings. The summed E-state index contributed by atoms with van der Waals surface area (Å²) in [7, 11) is 0. The van der Waals surface area contributed by atoms with Gasteiger partial charge < -0.3 is 5.73 Å². The Kier molecular flexibility index (Phi) is 3.06. The van der Waals surface area contributed by atoms with Crippen LogP contribution in [-0.2, 0) is 6.18 Å². The normalized spacial score (nSPS) is 12.0. The Morgan fingerprint density at radius 3 is 2.62 bits per heavy atom. The minimum Gasteiger partial charge on any atom is -0.397 e. The molecule has 0 saturated carbocycles. The lowest BCUT2D eigenvalue weighted by Crippen LogP contribution is -2.04. The van der Waals surface area contributed by atoms with Crippen molar-refractivity contribution in [3.63, 3.8) is 0 Å². The van der Waals surface area contributed by atoms with Crippen LogP contribution >= 0.6 is 11.6 Å². The van der Waals surface area contributed by atoms with Gasteiger partial charge in [0.2, 0.25) is 0 Å². The maximum Gasteiger partial charge on any atom is 0.416 e. The van der Waals surface area contributed by atoms with Gasteiger partial charge in [0, 0.05) is 11.8 Å². The lowest BCUT2D eigenvalue weighted by atomic mass is 10.1. The van der Waals surface area contributed by atoms with Crippen molar-refractivity contribution in [2.24, 2.45) is 0 Å². The SMILES string of the molecule is Nc1cccn2c(-c3cccc(C(F)(F)F)c3)nc(Cl)c12. The molecule has 0 aliphatic rings. The van der Waals surface area contributed by atoms with Gasteiger partial charge in [-0.15, -0.1) is 0 Å². The summed E-state index contributed by atoms with van der Waals surface area (Å²) in [6.45, 7) is 0. The lowest BCUT2D eigenvalue weighted by molar-refractivity contribution is -0.137. The zero-order valence-electron chi connectivity index (χ0n) is 10.5. The molecule has 7 heteroatoms. The molecule has 108 valence electrons. The van der Waals surface area contributed by atoms with Crippen LogP contribution in [0.4, 0.5) is 18.9 Å².